The number of hydrogen-bond donors (Lipinski definition) is 0. The lowest BCUT2D eigenvalue weighted by atomic mass is 10.0. The second kappa shape index (κ2) is 5.80. The summed E-state index contributed by atoms with van der Waals surface area (Å²) in [7, 11) is 0. The Morgan fingerprint density at radius 2 is 1.67 bits per heavy atom. The molecule has 0 atom stereocenters. The molecule has 1 fully saturated rings. The van der Waals surface area contributed by atoms with Crippen LogP contribution in [0.15, 0.2) is 42.7 Å². The molecule has 1 aliphatic carbocycles. The Morgan fingerprint density at radius 3 is 2.25 bits per heavy atom. The maximum absolute atomic E-state index is 12.3. The van der Waals surface area contributed by atoms with Crippen molar-refractivity contribution in [2.45, 2.75) is 47.8 Å². The summed E-state index contributed by atoms with van der Waals surface area (Å²) in [6.07, 6.45) is 4.92. The molecule has 24 heavy (non-hydrogen) atoms. The Hall–Kier alpha value is -2.03. The molecular weight excluding hydrogens is 298 g/mol. The fourth-order valence-electron chi connectivity index (χ4n) is 3.62. The number of nitrogens with zero attached hydrogens (tertiary/aromatic N) is 1. The van der Waals surface area contributed by atoms with Gasteiger partial charge >= 0.3 is 5.97 Å². The Balaban J connectivity index is 1.55. The van der Waals surface area contributed by atoms with Crippen molar-refractivity contribution in [1.82, 2.24) is 4.57 Å². The van der Waals surface area contributed by atoms with Gasteiger partial charge < -0.3 is 9.30 Å². The topological polar surface area (TPSA) is 31.2 Å². The van der Waals surface area contributed by atoms with Crippen LogP contribution in [0.3, 0.4) is 0 Å². The standard InChI is InChI=1S/C21H27NO2/c1-15-6-8-16(9-7-15)12-17-10-11-22(13-17)14-24-19(23)18-20(2,3)21(18,4)5/h6-11,13,18H,12,14H2,1-5H3. The van der Waals surface area contributed by atoms with Gasteiger partial charge in [0.05, 0.1) is 5.92 Å². The number of esters is 1. The lowest BCUT2D eigenvalue weighted by molar-refractivity contribution is -0.150. The van der Waals surface area contributed by atoms with E-state index in [2.05, 4.69) is 71.1 Å². The highest BCUT2D eigenvalue weighted by molar-refractivity contribution is 5.78. The minimum Gasteiger partial charge on any atom is -0.444 e. The first-order chi connectivity index (χ1) is 11.2. The molecule has 0 amide bonds. The summed E-state index contributed by atoms with van der Waals surface area (Å²) in [4.78, 5) is 12.3. The van der Waals surface area contributed by atoms with Crippen LogP contribution in [-0.2, 0) is 22.7 Å². The first-order valence-corrected chi connectivity index (χ1v) is 8.58. The Kier molecular flexibility index (Phi) is 4.06. The van der Waals surface area contributed by atoms with Gasteiger partial charge in [0.2, 0.25) is 0 Å². The van der Waals surface area contributed by atoms with E-state index < -0.39 is 0 Å². The second-order valence-corrected chi connectivity index (χ2v) is 8.17. The summed E-state index contributed by atoms with van der Waals surface area (Å²) in [5.41, 5.74) is 3.84. The van der Waals surface area contributed by atoms with E-state index in [9.17, 15) is 4.79 Å². The zero-order chi connectivity index (χ0) is 17.5. The van der Waals surface area contributed by atoms with Crippen molar-refractivity contribution < 1.29 is 9.53 Å². The Labute approximate surface area is 144 Å². The molecule has 1 aromatic carbocycles. The molecule has 0 bridgehead atoms. The number of carbonyl (C=O) groups excluding carboxylic acids is 1. The van der Waals surface area contributed by atoms with E-state index in [0.717, 1.165) is 6.42 Å². The van der Waals surface area contributed by atoms with Crippen LogP contribution in [0.5, 0.6) is 0 Å². The van der Waals surface area contributed by atoms with Gasteiger partial charge in [-0.2, -0.15) is 0 Å². The molecule has 128 valence electrons. The average Bonchev–Trinajstić information content (AvgIpc) is 2.81. The van der Waals surface area contributed by atoms with Gasteiger partial charge in [-0.15, -0.1) is 0 Å². The maximum Gasteiger partial charge on any atom is 0.311 e. The normalized spacial score (nSPS) is 18.4. The van der Waals surface area contributed by atoms with Gasteiger partial charge in [0.1, 0.15) is 0 Å². The van der Waals surface area contributed by atoms with Gasteiger partial charge in [0.25, 0.3) is 0 Å². The largest absolute Gasteiger partial charge is 0.444 e. The molecule has 0 aliphatic heterocycles. The van der Waals surface area contributed by atoms with Crippen LogP contribution in [0, 0.1) is 23.7 Å². The lowest BCUT2D eigenvalue weighted by Gasteiger charge is -2.07. The van der Waals surface area contributed by atoms with Crippen LogP contribution >= 0.6 is 0 Å². The number of aromatic nitrogens is 1. The molecule has 1 saturated carbocycles. The van der Waals surface area contributed by atoms with Gasteiger partial charge in [-0.1, -0.05) is 57.5 Å². The Morgan fingerprint density at radius 1 is 1.04 bits per heavy atom. The molecule has 3 rings (SSSR count). The molecule has 0 radical (unpaired) electrons. The van der Waals surface area contributed by atoms with Crippen LogP contribution in [0.2, 0.25) is 0 Å². The van der Waals surface area contributed by atoms with E-state index in [1.807, 2.05) is 10.8 Å². The predicted molar refractivity (Wildman–Crippen MR) is 95.6 cm³/mol. The molecule has 0 unspecified atom stereocenters. The summed E-state index contributed by atoms with van der Waals surface area (Å²) in [6, 6.07) is 10.7. The summed E-state index contributed by atoms with van der Waals surface area (Å²) >= 11 is 0. The Bertz CT molecular complexity index is 723. The number of rotatable bonds is 5. The van der Waals surface area contributed by atoms with Crippen molar-refractivity contribution in [1.29, 1.82) is 0 Å². The van der Waals surface area contributed by atoms with Crippen molar-refractivity contribution in [3.63, 3.8) is 0 Å². The fourth-order valence-corrected chi connectivity index (χ4v) is 3.62. The van der Waals surface area contributed by atoms with Gasteiger partial charge in [0.15, 0.2) is 6.73 Å². The summed E-state index contributed by atoms with van der Waals surface area (Å²) in [6.45, 7) is 10.9. The zero-order valence-corrected chi connectivity index (χ0v) is 15.3. The predicted octanol–water partition coefficient (Wildman–Crippen LogP) is 4.57. The maximum atomic E-state index is 12.3. The number of carbonyl (C=O) groups is 1. The minimum atomic E-state index is -0.0845. The summed E-state index contributed by atoms with van der Waals surface area (Å²) in [5.74, 6) is -0.0913. The molecule has 0 spiro atoms. The molecule has 3 nitrogen and oxygen atoms in total. The molecule has 1 aliphatic rings. The van der Waals surface area contributed by atoms with Gasteiger partial charge in [-0.25, -0.2) is 0 Å². The van der Waals surface area contributed by atoms with Crippen molar-refractivity contribution in [2.24, 2.45) is 16.7 Å². The average molecular weight is 325 g/mol. The van der Waals surface area contributed by atoms with Gasteiger partial charge in [-0.3, -0.25) is 4.79 Å². The number of benzene rings is 1. The minimum absolute atomic E-state index is 0.00686. The molecule has 0 N–H and O–H groups in total. The van der Waals surface area contributed by atoms with E-state index in [0.29, 0.717) is 0 Å². The fraction of sp³-hybridized carbons (Fsp3) is 0.476. The molecule has 0 saturated heterocycles. The van der Waals surface area contributed by atoms with E-state index in [4.69, 9.17) is 4.74 Å². The lowest BCUT2D eigenvalue weighted by Crippen LogP contribution is -2.13. The third-order valence-electron chi connectivity index (χ3n) is 5.95. The molecule has 2 aromatic rings. The third kappa shape index (κ3) is 3.00. The number of hydrogen-bond acceptors (Lipinski definition) is 2. The second-order valence-electron chi connectivity index (χ2n) is 8.17. The van der Waals surface area contributed by atoms with Gasteiger partial charge in [-0.05, 0) is 41.4 Å². The molecular formula is C21H27NO2. The van der Waals surface area contributed by atoms with Crippen LogP contribution in [0.4, 0.5) is 0 Å². The third-order valence-corrected chi connectivity index (χ3v) is 5.95. The van der Waals surface area contributed by atoms with Crippen molar-refractivity contribution in [3.05, 3.63) is 59.4 Å². The molecule has 1 heterocycles. The van der Waals surface area contributed by atoms with E-state index in [1.165, 1.54) is 16.7 Å². The van der Waals surface area contributed by atoms with Crippen LogP contribution in [0.25, 0.3) is 0 Å². The highest BCUT2D eigenvalue weighted by atomic mass is 16.5. The van der Waals surface area contributed by atoms with Crippen LogP contribution < -0.4 is 0 Å². The van der Waals surface area contributed by atoms with Crippen LogP contribution in [-0.4, -0.2) is 10.5 Å². The zero-order valence-electron chi connectivity index (χ0n) is 15.3. The molecule has 1 aromatic heterocycles. The highest BCUT2D eigenvalue weighted by Gasteiger charge is 2.69. The van der Waals surface area contributed by atoms with Crippen molar-refractivity contribution >= 4 is 5.97 Å². The van der Waals surface area contributed by atoms with Crippen molar-refractivity contribution in [2.75, 3.05) is 0 Å². The highest BCUT2D eigenvalue weighted by Crippen LogP contribution is 2.68. The van der Waals surface area contributed by atoms with Gasteiger partial charge in [0, 0.05) is 12.4 Å². The monoisotopic (exact) mass is 325 g/mol. The number of aryl methyl sites for hydroxylation is 1. The van der Waals surface area contributed by atoms with E-state index in [-0.39, 0.29) is 29.4 Å². The smallest absolute Gasteiger partial charge is 0.311 e. The molecule has 3 heteroatoms. The van der Waals surface area contributed by atoms with Crippen LogP contribution in [0.1, 0.15) is 44.4 Å². The quantitative estimate of drug-likeness (QED) is 0.754. The summed E-state index contributed by atoms with van der Waals surface area (Å²) < 4.78 is 7.46. The number of ether oxygens (including phenoxy) is 1. The first kappa shape index (κ1) is 16.8. The summed E-state index contributed by atoms with van der Waals surface area (Å²) in [5, 5.41) is 0. The van der Waals surface area contributed by atoms with E-state index in [1.54, 1.807) is 0 Å². The first-order valence-electron chi connectivity index (χ1n) is 8.58. The van der Waals surface area contributed by atoms with E-state index >= 15 is 0 Å². The SMILES string of the molecule is Cc1ccc(Cc2ccn(COC(=O)C3C(C)(C)C3(C)C)c2)cc1. The van der Waals surface area contributed by atoms with Crippen molar-refractivity contribution in [3.8, 4) is 0 Å².